The van der Waals surface area contributed by atoms with E-state index in [1.807, 2.05) is 0 Å². The zero-order valence-corrected chi connectivity index (χ0v) is 18.8. The second-order valence-electron chi connectivity index (χ2n) is 8.22. The van der Waals surface area contributed by atoms with Crippen molar-refractivity contribution in [2.24, 2.45) is 0 Å². The summed E-state index contributed by atoms with van der Waals surface area (Å²) in [6, 6.07) is 23.7. The Balaban J connectivity index is 1.31. The molecule has 0 radical (unpaired) electrons. The van der Waals surface area contributed by atoms with Gasteiger partial charge in [-0.05, 0) is 70.8 Å². The van der Waals surface area contributed by atoms with Crippen molar-refractivity contribution in [1.29, 1.82) is 0 Å². The maximum Gasteiger partial charge on any atom is 0.416 e. The summed E-state index contributed by atoms with van der Waals surface area (Å²) in [7, 11) is 0. The van der Waals surface area contributed by atoms with Gasteiger partial charge in [-0.15, -0.1) is 10.2 Å². The molecule has 0 aliphatic carbocycles. The highest BCUT2D eigenvalue weighted by Gasteiger charge is 2.30. The summed E-state index contributed by atoms with van der Waals surface area (Å²) in [6.45, 7) is 0. The molecule has 186 valence electrons. The fourth-order valence-electron chi connectivity index (χ4n) is 3.77. The topological polar surface area (TPSA) is 38.9 Å². The van der Waals surface area contributed by atoms with Gasteiger partial charge in [0.05, 0.1) is 11.1 Å². The van der Waals surface area contributed by atoms with Gasteiger partial charge in [-0.1, -0.05) is 48.5 Å². The number of aromatic nitrogens is 2. The Hall–Kier alpha value is -4.40. The van der Waals surface area contributed by atoms with E-state index in [1.54, 1.807) is 48.5 Å². The minimum Gasteiger partial charge on any atom is -0.416 e. The van der Waals surface area contributed by atoms with Crippen LogP contribution in [-0.4, -0.2) is 10.2 Å². The lowest BCUT2D eigenvalue weighted by Crippen LogP contribution is -2.03. The summed E-state index contributed by atoms with van der Waals surface area (Å²) in [5.74, 6) is 0.529. The molecule has 0 aliphatic rings. The third-order valence-electron chi connectivity index (χ3n) is 5.78. The molecule has 5 aromatic rings. The van der Waals surface area contributed by atoms with E-state index in [1.165, 1.54) is 24.3 Å². The lowest BCUT2D eigenvalue weighted by atomic mass is 10.0. The van der Waals surface area contributed by atoms with Crippen LogP contribution in [0.5, 0.6) is 0 Å². The van der Waals surface area contributed by atoms with Gasteiger partial charge in [0.1, 0.15) is 0 Å². The number of benzene rings is 4. The molecular formula is C28H16F6N2O. The largest absolute Gasteiger partial charge is 0.416 e. The molecule has 1 aromatic heterocycles. The van der Waals surface area contributed by atoms with Crippen LogP contribution in [0.1, 0.15) is 11.1 Å². The molecule has 37 heavy (non-hydrogen) atoms. The van der Waals surface area contributed by atoms with Gasteiger partial charge >= 0.3 is 12.4 Å². The van der Waals surface area contributed by atoms with E-state index in [2.05, 4.69) is 10.2 Å². The molecule has 0 atom stereocenters. The maximum absolute atomic E-state index is 12.8. The van der Waals surface area contributed by atoms with Crippen molar-refractivity contribution in [3.8, 4) is 45.2 Å². The summed E-state index contributed by atoms with van der Waals surface area (Å²) >= 11 is 0. The summed E-state index contributed by atoms with van der Waals surface area (Å²) in [5, 5.41) is 8.14. The van der Waals surface area contributed by atoms with Gasteiger partial charge in [0.25, 0.3) is 0 Å². The first-order valence-electron chi connectivity index (χ1n) is 11.0. The highest BCUT2D eigenvalue weighted by Crippen LogP contribution is 2.33. The van der Waals surface area contributed by atoms with Crippen LogP contribution < -0.4 is 0 Å². The molecular weight excluding hydrogens is 494 g/mol. The molecule has 3 nitrogen and oxygen atoms in total. The van der Waals surface area contributed by atoms with Gasteiger partial charge in [-0.3, -0.25) is 0 Å². The number of alkyl halides is 6. The Morgan fingerprint density at radius 1 is 0.378 bits per heavy atom. The Labute approximate surface area is 207 Å². The van der Waals surface area contributed by atoms with Gasteiger partial charge in [-0.2, -0.15) is 26.3 Å². The van der Waals surface area contributed by atoms with E-state index in [-0.39, 0.29) is 11.8 Å². The van der Waals surface area contributed by atoms with Gasteiger partial charge in [0.15, 0.2) is 0 Å². The molecule has 0 N–H and O–H groups in total. The molecule has 0 spiro atoms. The van der Waals surface area contributed by atoms with Gasteiger partial charge in [0, 0.05) is 11.1 Å². The first-order valence-corrected chi connectivity index (χ1v) is 11.0. The van der Waals surface area contributed by atoms with E-state index >= 15 is 0 Å². The number of hydrogen-bond donors (Lipinski definition) is 0. The van der Waals surface area contributed by atoms with E-state index in [0.29, 0.717) is 22.3 Å². The van der Waals surface area contributed by atoms with E-state index < -0.39 is 23.5 Å². The lowest BCUT2D eigenvalue weighted by Gasteiger charge is -2.08. The first kappa shape index (κ1) is 24.3. The van der Waals surface area contributed by atoms with Crippen LogP contribution in [0.4, 0.5) is 26.3 Å². The normalized spacial score (nSPS) is 12.1. The molecule has 1 heterocycles. The predicted octanol–water partition coefficient (Wildman–Crippen LogP) is 8.78. The van der Waals surface area contributed by atoms with Crippen LogP contribution in [0.3, 0.4) is 0 Å². The lowest BCUT2D eigenvalue weighted by molar-refractivity contribution is -0.138. The molecule has 0 amide bonds. The third-order valence-corrected chi connectivity index (χ3v) is 5.78. The second-order valence-corrected chi connectivity index (χ2v) is 8.22. The molecule has 0 unspecified atom stereocenters. The molecule has 0 bridgehead atoms. The highest BCUT2D eigenvalue weighted by atomic mass is 19.4. The zero-order valence-electron chi connectivity index (χ0n) is 18.8. The fraction of sp³-hybridized carbons (Fsp3) is 0.0714. The number of nitrogens with zero attached hydrogens (tertiary/aromatic N) is 2. The SMILES string of the molecule is FC(F)(F)c1ccc(-c2ccc(-c3nnc(-c4ccc(-c5ccc(C(F)(F)F)cc5)cc4)o3)cc2)cc1. The highest BCUT2D eigenvalue weighted by molar-refractivity contribution is 5.69. The van der Waals surface area contributed by atoms with Crippen LogP contribution in [0.2, 0.25) is 0 Å². The third kappa shape index (κ3) is 5.25. The predicted molar refractivity (Wildman–Crippen MR) is 126 cm³/mol. The van der Waals surface area contributed by atoms with Crippen molar-refractivity contribution >= 4 is 0 Å². The van der Waals surface area contributed by atoms with Crippen LogP contribution in [0, 0.1) is 0 Å². The first-order chi connectivity index (χ1) is 17.6. The van der Waals surface area contributed by atoms with E-state index in [0.717, 1.165) is 35.4 Å². The van der Waals surface area contributed by atoms with Gasteiger partial charge in [0.2, 0.25) is 11.8 Å². The van der Waals surface area contributed by atoms with Crippen molar-refractivity contribution in [3.63, 3.8) is 0 Å². The van der Waals surface area contributed by atoms with Crippen LogP contribution in [0.15, 0.2) is 101 Å². The van der Waals surface area contributed by atoms with Crippen molar-refractivity contribution in [1.82, 2.24) is 10.2 Å². The molecule has 0 saturated carbocycles. The standard InChI is InChI=1S/C28H16F6N2O/c29-27(30,31)23-13-9-19(10-14-23)17-1-5-21(6-2-17)25-35-36-26(37-25)22-7-3-18(4-8-22)20-11-15-24(16-12-20)28(32,33)34/h1-16H. The number of halogens is 6. The van der Waals surface area contributed by atoms with Crippen LogP contribution in [0.25, 0.3) is 45.2 Å². The number of rotatable bonds is 4. The Kier molecular flexibility index (Phi) is 6.07. The monoisotopic (exact) mass is 510 g/mol. The molecule has 0 aliphatic heterocycles. The van der Waals surface area contributed by atoms with Crippen molar-refractivity contribution < 1.29 is 30.8 Å². The second kappa shape index (κ2) is 9.24. The fourth-order valence-corrected chi connectivity index (χ4v) is 3.77. The van der Waals surface area contributed by atoms with Gasteiger partial charge < -0.3 is 4.42 Å². The van der Waals surface area contributed by atoms with Crippen molar-refractivity contribution in [3.05, 3.63) is 108 Å². The summed E-state index contributed by atoms with van der Waals surface area (Å²) < 4.78 is 82.4. The minimum atomic E-state index is -4.39. The minimum absolute atomic E-state index is 0.265. The molecule has 9 heteroatoms. The van der Waals surface area contributed by atoms with Gasteiger partial charge in [-0.25, -0.2) is 0 Å². The average molecular weight is 510 g/mol. The van der Waals surface area contributed by atoms with Crippen LogP contribution in [-0.2, 0) is 12.4 Å². The average Bonchev–Trinajstić information content (AvgIpc) is 3.39. The Morgan fingerprint density at radius 2 is 0.622 bits per heavy atom. The van der Waals surface area contributed by atoms with E-state index in [4.69, 9.17) is 4.42 Å². The maximum atomic E-state index is 12.8. The summed E-state index contributed by atoms with van der Waals surface area (Å²) in [6.07, 6.45) is -8.78. The van der Waals surface area contributed by atoms with Crippen molar-refractivity contribution in [2.75, 3.05) is 0 Å². The quantitative estimate of drug-likeness (QED) is 0.227. The molecule has 5 rings (SSSR count). The summed E-state index contributed by atoms with van der Waals surface area (Å²) in [5.41, 5.74) is 2.59. The smallest absolute Gasteiger partial charge is 0.416 e. The Morgan fingerprint density at radius 3 is 0.892 bits per heavy atom. The van der Waals surface area contributed by atoms with E-state index in [9.17, 15) is 26.3 Å². The molecule has 0 fully saturated rings. The zero-order chi connectivity index (χ0) is 26.2. The molecule has 0 saturated heterocycles. The van der Waals surface area contributed by atoms with Crippen LogP contribution >= 0.6 is 0 Å². The van der Waals surface area contributed by atoms with Crippen molar-refractivity contribution in [2.45, 2.75) is 12.4 Å². The Bertz CT molecular complexity index is 1390. The summed E-state index contributed by atoms with van der Waals surface area (Å²) in [4.78, 5) is 0. The number of hydrogen-bond acceptors (Lipinski definition) is 3. The molecule has 4 aromatic carbocycles.